The molecule has 0 heterocycles. The van der Waals surface area contributed by atoms with Crippen molar-refractivity contribution in [2.75, 3.05) is 0 Å². The second kappa shape index (κ2) is 4.88. The maximum atomic E-state index is 9.60. The van der Waals surface area contributed by atoms with E-state index in [1.54, 1.807) is 6.07 Å². The average Bonchev–Trinajstić information content (AvgIpc) is 2.33. The highest BCUT2D eigenvalue weighted by Crippen LogP contribution is 2.19. The van der Waals surface area contributed by atoms with Gasteiger partial charge in [-0.2, -0.15) is 0 Å². The van der Waals surface area contributed by atoms with E-state index in [9.17, 15) is 5.11 Å². The Bertz CT molecular complexity index is 536. The number of hydrogen-bond donors (Lipinski definition) is 1. The average molecular weight is 224 g/mol. The van der Waals surface area contributed by atoms with E-state index in [4.69, 9.17) is 0 Å². The number of rotatable bonds is 2. The lowest BCUT2D eigenvalue weighted by Crippen LogP contribution is -1.77. The molecule has 1 N–H and O–H groups in total. The second-order valence-corrected chi connectivity index (χ2v) is 4.29. The Kier molecular flexibility index (Phi) is 3.29. The standard InChI is InChI=1S/C16H16O/c1-12-3-6-14(7-4-12)9-10-15-8-5-13(2)16(17)11-15/h3-11,17H,1-2H3/b10-9+. The van der Waals surface area contributed by atoms with Gasteiger partial charge in [-0.3, -0.25) is 0 Å². The highest BCUT2D eigenvalue weighted by atomic mass is 16.3. The zero-order valence-corrected chi connectivity index (χ0v) is 10.1. The fourth-order valence-corrected chi connectivity index (χ4v) is 1.60. The summed E-state index contributed by atoms with van der Waals surface area (Å²) in [6, 6.07) is 14.0. The van der Waals surface area contributed by atoms with Gasteiger partial charge >= 0.3 is 0 Å². The first-order chi connectivity index (χ1) is 8.15. The summed E-state index contributed by atoms with van der Waals surface area (Å²) in [5.41, 5.74) is 4.33. The molecule has 0 aliphatic carbocycles. The van der Waals surface area contributed by atoms with Crippen LogP contribution in [0.1, 0.15) is 22.3 Å². The van der Waals surface area contributed by atoms with Crippen LogP contribution in [0, 0.1) is 13.8 Å². The Labute approximate surface area is 102 Å². The summed E-state index contributed by atoms with van der Waals surface area (Å²) in [5.74, 6) is 0.344. The summed E-state index contributed by atoms with van der Waals surface area (Å²) in [6.07, 6.45) is 4.05. The molecule has 0 aromatic heterocycles. The van der Waals surface area contributed by atoms with E-state index in [0.29, 0.717) is 5.75 Å². The molecule has 0 atom stereocenters. The molecule has 0 radical (unpaired) electrons. The summed E-state index contributed by atoms with van der Waals surface area (Å²) < 4.78 is 0. The first-order valence-corrected chi connectivity index (χ1v) is 5.69. The van der Waals surface area contributed by atoms with Crippen LogP contribution >= 0.6 is 0 Å². The van der Waals surface area contributed by atoms with Crippen LogP contribution in [0.5, 0.6) is 5.75 Å². The smallest absolute Gasteiger partial charge is 0.119 e. The Morgan fingerprint density at radius 3 is 2.06 bits per heavy atom. The van der Waals surface area contributed by atoms with E-state index in [0.717, 1.165) is 16.7 Å². The van der Waals surface area contributed by atoms with Gasteiger partial charge < -0.3 is 5.11 Å². The fourth-order valence-electron chi connectivity index (χ4n) is 1.60. The first kappa shape index (κ1) is 11.5. The topological polar surface area (TPSA) is 20.2 Å². The van der Waals surface area contributed by atoms with Crippen LogP contribution < -0.4 is 0 Å². The van der Waals surface area contributed by atoms with Crippen LogP contribution in [-0.4, -0.2) is 5.11 Å². The van der Waals surface area contributed by atoms with E-state index in [1.807, 2.05) is 31.2 Å². The minimum Gasteiger partial charge on any atom is -0.508 e. The molecular weight excluding hydrogens is 208 g/mol. The van der Waals surface area contributed by atoms with Crippen LogP contribution in [0.15, 0.2) is 42.5 Å². The molecule has 17 heavy (non-hydrogen) atoms. The lowest BCUT2D eigenvalue weighted by atomic mass is 10.1. The molecule has 0 unspecified atom stereocenters. The second-order valence-electron chi connectivity index (χ2n) is 4.29. The summed E-state index contributed by atoms with van der Waals surface area (Å²) >= 11 is 0. The van der Waals surface area contributed by atoms with Gasteiger partial charge in [0.05, 0.1) is 0 Å². The lowest BCUT2D eigenvalue weighted by molar-refractivity contribution is 0.471. The van der Waals surface area contributed by atoms with Crippen molar-refractivity contribution in [2.24, 2.45) is 0 Å². The van der Waals surface area contributed by atoms with E-state index < -0.39 is 0 Å². The lowest BCUT2D eigenvalue weighted by Gasteiger charge is -2.00. The molecule has 0 spiro atoms. The summed E-state index contributed by atoms with van der Waals surface area (Å²) in [7, 11) is 0. The predicted molar refractivity (Wildman–Crippen MR) is 73.0 cm³/mol. The SMILES string of the molecule is Cc1ccc(/C=C/c2ccc(C)c(O)c2)cc1. The minimum atomic E-state index is 0.344. The molecule has 0 saturated heterocycles. The largest absolute Gasteiger partial charge is 0.508 e. The number of aryl methyl sites for hydroxylation is 2. The highest BCUT2D eigenvalue weighted by molar-refractivity contribution is 5.70. The van der Waals surface area contributed by atoms with Gasteiger partial charge in [0.2, 0.25) is 0 Å². The molecular formula is C16H16O. The summed E-state index contributed by atoms with van der Waals surface area (Å²) in [6.45, 7) is 3.97. The number of phenols is 1. The molecule has 1 nitrogen and oxygen atoms in total. The van der Waals surface area contributed by atoms with Gasteiger partial charge in [0, 0.05) is 0 Å². The fraction of sp³-hybridized carbons (Fsp3) is 0.125. The predicted octanol–water partition coefficient (Wildman–Crippen LogP) is 4.18. The van der Waals surface area contributed by atoms with Gasteiger partial charge in [0.25, 0.3) is 0 Å². The quantitative estimate of drug-likeness (QED) is 0.759. The van der Waals surface area contributed by atoms with Gasteiger partial charge in [-0.15, -0.1) is 0 Å². The van der Waals surface area contributed by atoms with Crippen molar-refractivity contribution < 1.29 is 5.11 Å². The number of benzene rings is 2. The van der Waals surface area contributed by atoms with E-state index in [1.165, 1.54) is 5.56 Å². The maximum Gasteiger partial charge on any atom is 0.119 e. The molecule has 86 valence electrons. The van der Waals surface area contributed by atoms with Crippen molar-refractivity contribution >= 4 is 12.2 Å². The van der Waals surface area contributed by atoms with Crippen molar-refractivity contribution in [3.8, 4) is 5.75 Å². The molecule has 0 fully saturated rings. The summed E-state index contributed by atoms with van der Waals surface area (Å²) in [5, 5.41) is 9.60. The van der Waals surface area contributed by atoms with Crippen molar-refractivity contribution in [2.45, 2.75) is 13.8 Å². The van der Waals surface area contributed by atoms with Gasteiger partial charge in [0.1, 0.15) is 5.75 Å². The Balaban J connectivity index is 2.20. The Morgan fingerprint density at radius 1 is 0.824 bits per heavy atom. The van der Waals surface area contributed by atoms with E-state index >= 15 is 0 Å². The monoisotopic (exact) mass is 224 g/mol. The molecule has 0 aliphatic heterocycles. The van der Waals surface area contributed by atoms with Gasteiger partial charge in [-0.05, 0) is 36.6 Å². The van der Waals surface area contributed by atoms with Crippen molar-refractivity contribution in [3.05, 3.63) is 64.7 Å². The minimum absolute atomic E-state index is 0.344. The van der Waals surface area contributed by atoms with Crippen molar-refractivity contribution in [3.63, 3.8) is 0 Å². The molecule has 0 amide bonds. The maximum absolute atomic E-state index is 9.60. The third-order valence-electron chi connectivity index (χ3n) is 2.78. The van der Waals surface area contributed by atoms with E-state index in [2.05, 4.69) is 31.2 Å². The van der Waals surface area contributed by atoms with Crippen molar-refractivity contribution in [1.29, 1.82) is 0 Å². The van der Waals surface area contributed by atoms with Crippen LogP contribution in [0.2, 0.25) is 0 Å². The normalized spacial score (nSPS) is 10.9. The molecule has 0 bridgehead atoms. The van der Waals surface area contributed by atoms with Crippen LogP contribution in [0.4, 0.5) is 0 Å². The van der Waals surface area contributed by atoms with Crippen LogP contribution in [-0.2, 0) is 0 Å². The Morgan fingerprint density at radius 2 is 1.41 bits per heavy atom. The molecule has 1 heteroatoms. The van der Waals surface area contributed by atoms with Crippen LogP contribution in [0.3, 0.4) is 0 Å². The number of hydrogen-bond acceptors (Lipinski definition) is 1. The number of phenolic OH excluding ortho intramolecular Hbond substituents is 1. The Hall–Kier alpha value is -2.02. The third kappa shape index (κ3) is 2.97. The van der Waals surface area contributed by atoms with Crippen molar-refractivity contribution in [1.82, 2.24) is 0 Å². The molecule has 0 saturated carbocycles. The molecule has 2 aromatic carbocycles. The van der Waals surface area contributed by atoms with Gasteiger partial charge in [0.15, 0.2) is 0 Å². The highest BCUT2D eigenvalue weighted by Gasteiger charge is 1.95. The zero-order valence-electron chi connectivity index (χ0n) is 10.1. The van der Waals surface area contributed by atoms with Gasteiger partial charge in [-0.25, -0.2) is 0 Å². The number of aromatic hydroxyl groups is 1. The molecule has 0 aliphatic rings. The zero-order chi connectivity index (χ0) is 12.3. The third-order valence-corrected chi connectivity index (χ3v) is 2.78. The summed E-state index contributed by atoms with van der Waals surface area (Å²) in [4.78, 5) is 0. The van der Waals surface area contributed by atoms with E-state index in [-0.39, 0.29) is 0 Å². The van der Waals surface area contributed by atoms with Gasteiger partial charge in [-0.1, -0.05) is 54.1 Å². The first-order valence-electron chi connectivity index (χ1n) is 5.69. The molecule has 2 rings (SSSR count). The molecule has 2 aromatic rings. The van der Waals surface area contributed by atoms with Crippen LogP contribution in [0.25, 0.3) is 12.2 Å².